The number of allylic oxidation sites excluding steroid dienone is 2. The van der Waals surface area contributed by atoms with E-state index < -0.39 is 26.5 Å². The Hall–Kier alpha value is -1.25. The Bertz CT molecular complexity index is 856. The molecule has 10 heteroatoms. The van der Waals surface area contributed by atoms with E-state index in [2.05, 4.69) is 31.3 Å². The number of nitrogens with one attached hydrogen (secondary N) is 1. The third-order valence-corrected chi connectivity index (χ3v) is 10.2. The highest BCUT2D eigenvalue weighted by Crippen LogP contribution is 2.42. The van der Waals surface area contributed by atoms with Gasteiger partial charge in [-0.05, 0) is 38.5 Å². The van der Waals surface area contributed by atoms with E-state index in [0.29, 0.717) is 6.42 Å². The summed E-state index contributed by atoms with van der Waals surface area (Å²) in [4.78, 5) is 33.8. The molecule has 9 nitrogen and oxygen atoms in total. The first-order valence-corrected chi connectivity index (χ1v) is 22.7. The van der Waals surface area contributed by atoms with Crippen LogP contribution in [-0.4, -0.2) is 54.3 Å². The summed E-state index contributed by atoms with van der Waals surface area (Å²) in [5.74, 6) is -0.518. The summed E-state index contributed by atoms with van der Waals surface area (Å²) in [7, 11) is -4.41. The van der Waals surface area contributed by atoms with Crippen LogP contribution in [0.2, 0.25) is 0 Å². The number of carbonyl (C=O) groups is 2. The highest BCUT2D eigenvalue weighted by molar-refractivity contribution is 7.47. The summed E-state index contributed by atoms with van der Waals surface area (Å²) in [6.07, 6.45) is 38.5. The Kier molecular flexibility index (Phi) is 37.5. The first-order chi connectivity index (χ1) is 24.8. The quantitative estimate of drug-likeness (QED) is 0.0244. The fourth-order valence-electron chi connectivity index (χ4n) is 5.96. The summed E-state index contributed by atoms with van der Waals surface area (Å²) in [6, 6.07) is 0. The highest BCUT2D eigenvalue weighted by Gasteiger charge is 2.23. The SMILES string of the molecule is CCCCCCC/C=C\CCCCCCCC(=O)OCC(O)COP(=O)(O)OCCNC(=O)CCCCCCCCCCCCCCCCCC. The number of unbranched alkanes of at least 4 members (excludes halogenated alkanes) is 25. The maximum absolute atomic E-state index is 12.1. The predicted octanol–water partition coefficient (Wildman–Crippen LogP) is 11.4. The third kappa shape index (κ3) is 39.8. The Labute approximate surface area is 313 Å². The number of hydrogen-bond acceptors (Lipinski definition) is 7. The molecule has 0 aromatic carbocycles. The van der Waals surface area contributed by atoms with Crippen molar-refractivity contribution in [1.29, 1.82) is 0 Å². The number of esters is 1. The minimum absolute atomic E-state index is 0.0854. The van der Waals surface area contributed by atoms with E-state index in [1.54, 1.807) is 0 Å². The molecule has 0 aliphatic heterocycles. The molecule has 0 saturated heterocycles. The number of phosphoric acid groups is 1. The Morgan fingerprint density at radius 2 is 1.00 bits per heavy atom. The lowest BCUT2D eigenvalue weighted by molar-refractivity contribution is -0.147. The minimum atomic E-state index is -4.41. The van der Waals surface area contributed by atoms with Crippen LogP contribution in [0.1, 0.15) is 206 Å². The predicted molar refractivity (Wildman–Crippen MR) is 211 cm³/mol. The van der Waals surface area contributed by atoms with Crippen LogP contribution in [0.3, 0.4) is 0 Å². The number of aliphatic hydroxyl groups is 1. The molecule has 0 saturated carbocycles. The first kappa shape index (κ1) is 49.8. The van der Waals surface area contributed by atoms with Crippen LogP contribution in [0.5, 0.6) is 0 Å². The molecule has 0 heterocycles. The van der Waals surface area contributed by atoms with Gasteiger partial charge in [-0.25, -0.2) is 4.57 Å². The van der Waals surface area contributed by atoms with E-state index in [1.165, 1.54) is 122 Å². The largest absolute Gasteiger partial charge is 0.472 e. The topological polar surface area (TPSA) is 131 Å². The van der Waals surface area contributed by atoms with E-state index >= 15 is 0 Å². The van der Waals surface area contributed by atoms with Gasteiger partial charge < -0.3 is 20.1 Å². The number of carbonyl (C=O) groups excluding carboxylic acids is 2. The molecule has 0 rings (SSSR count). The van der Waals surface area contributed by atoms with Gasteiger partial charge in [0.15, 0.2) is 0 Å². The molecule has 0 aliphatic carbocycles. The fraction of sp³-hybridized carbons (Fsp3) is 0.902. The molecule has 3 N–H and O–H groups in total. The summed E-state index contributed by atoms with van der Waals surface area (Å²) in [6.45, 7) is 3.56. The van der Waals surface area contributed by atoms with Gasteiger partial charge in [0.2, 0.25) is 5.91 Å². The van der Waals surface area contributed by atoms with Gasteiger partial charge in [0.05, 0.1) is 13.2 Å². The van der Waals surface area contributed by atoms with Crippen molar-refractivity contribution in [2.45, 2.75) is 213 Å². The number of phosphoric ester groups is 1. The lowest BCUT2D eigenvalue weighted by Gasteiger charge is -2.15. The molecule has 302 valence electrons. The molecular weight excluding hydrogens is 665 g/mol. The molecule has 0 aromatic rings. The number of ether oxygens (including phenoxy) is 1. The Morgan fingerprint density at radius 1 is 0.588 bits per heavy atom. The molecule has 0 radical (unpaired) electrons. The number of amides is 1. The monoisotopic (exact) mass is 746 g/mol. The van der Waals surface area contributed by atoms with Gasteiger partial charge in [0, 0.05) is 19.4 Å². The Morgan fingerprint density at radius 3 is 1.47 bits per heavy atom. The van der Waals surface area contributed by atoms with Crippen molar-refractivity contribution in [2.24, 2.45) is 0 Å². The molecule has 51 heavy (non-hydrogen) atoms. The lowest BCUT2D eigenvalue weighted by atomic mass is 10.0. The van der Waals surface area contributed by atoms with Crippen LogP contribution < -0.4 is 5.32 Å². The van der Waals surface area contributed by atoms with Crippen LogP contribution >= 0.6 is 7.82 Å². The van der Waals surface area contributed by atoms with Gasteiger partial charge in [-0.1, -0.05) is 167 Å². The molecule has 0 aliphatic rings. The van der Waals surface area contributed by atoms with Gasteiger partial charge in [-0.2, -0.15) is 0 Å². The second-order valence-corrected chi connectivity index (χ2v) is 15.8. The lowest BCUT2D eigenvalue weighted by Crippen LogP contribution is -2.27. The van der Waals surface area contributed by atoms with Crippen LogP contribution in [0.15, 0.2) is 12.2 Å². The molecular formula is C41H80NO8P. The average molecular weight is 746 g/mol. The summed E-state index contributed by atoms with van der Waals surface area (Å²) in [5, 5.41) is 12.7. The van der Waals surface area contributed by atoms with Crippen LogP contribution in [0.4, 0.5) is 0 Å². The van der Waals surface area contributed by atoms with Gasteiger partial charge in [0.1, 0.15) is 12.7 Å². The van der Waals surface area contributed by atoms with Crippen molar-refractivity contribution in [2.75, 3.05) is 26.4 Å². The maximum atomic E-state index is 12.1. The van der Waals surface area contributed by atoms with E-state index in [0.717, 1.165) is 57.8 Å². The molecule has 0 bridgehead atoms. The van der Waals surface area contributed by atoms with Crippen molar-refractivity contribution in [1.82, 2.24) is 5.32 Å². The molecule has 1 amide bonds. The molecule has 2 unspecified atom stereocenters. The van der Waals surface area contributed by atoms with E-state index in [9.17, 15) is 24.2 Å². The molecule has 0 aromatic heterocycles. The zero-order chi connectivity index (χ0) is 37.5. The van der Waals surface area contributed by atoms with Crippen molar-refractivity contribution < 1.29 is 37.9 Å². The van der Waals surface area contributed by atoms with E-state index in [-0.39, 0.29) is 32.1 Å². The van der Waals surface area contributed by atoms with Gasteiger partial charge >= 0.3 is 13.8 Å². The number of aliphatic hydroxyl groups excluding tert-OH is 1. The Balaban J connectivity index is 3.58. The van der Waals surface area contributed by atoms with Gasteiger partial charge in [-0.15, -0.1) is 0 Å². The van der Waals surface area contributed by atoms with E-state index in [1.807, 2.05) is 0 Å². The van der Waals surface area contributed by atoms with Crippen molar-refractivity contribution in [3.63, 3.8) is 0 Å². The van der Waals surface area contributed by atoms with Crippen molar-refractivity contribution in [3.05, 3.63) is 12.2 Å². The standard InChI is InChI=1S/C41H80NO8P/c1-3-5-7-9-11-13-15-17-19-20-21-23-25-27-29-31-33-40(44)42-35-36-49-51(46,47)50-38-39(43)37-48-41(45)34-32-30-28-26-24-22-18-16-14-12-10-8-6-4-2/h16,18,39,43H,3-15,17,19-38H2,1-2H3,(H,42,44)(H,46,47)/b18-16-. The van der Waals surface area contributed by atoms with Crippen molar-refractivity contribution >= 4 is 19.7 Å². The molecule has 2 atom stereocenters. The third-order valence-electron chi connectivity index (χ3n) is 9.20. The first-order valence-electron chi connectivity index (χ1n) is 21.2. The maximum Gasteiger partial charge on any atom is 0.472 e. The summed E-state index contributed by atoms with van der Waals surface area (Å²) < 4.78 is 26.8. The van der Waals surface area contributed by atoms with Crippen LogP contribution in [0.25, 0.3) is 0 Å². The van der Waals surface area contributed by atoms with Crippen LogP contribution in [-0.2, 0) is 27.9 Å². The van der Waals surface area contributed by atoms with Gasteiger partial charge in [0.25, 0.3) is 0 Å². The summed E-state index contributed by atoms with van der Waals surface area (Å²) in [5.41, 5.74) is 0. The second-order valence-electron chi connectivity index (χ2n) is 14.3. The number of hydrogen-bond donors (Lipinski definition) is 3. The fourth-order valence-corrected chi connectivity index (χ4v) is 6.72. The van der Waals surface area contributed by atoms with E-state index in [4.69, 9.17) is 13.8 Å². The zero-order valence-corrected chi connectivity index (χ0v) is 34.0. The van der Waals surface area contributed by atoms with Crippen LogP contribution in [0, 0.1) is 0 Å². The van der Waals surface area contributed by atoms with Gasteiger partial charge in [-0.3, -0.25) is 18.6 Å². The minimum Gasteiger partial charge on any atom is -0.463 e. The second kappa shape index (κ2) is 38.5. The normalized spacial score (nSPS) is 13.4. The molecule has 0 fully saturated rings. The number of rotatable bonds is 40. The molecule has 0 spiro atoms. The van der Waals surface area contributed by atoms with Crippen molar-refractivity contribution in [3.8, 4) is 0 Å². The highest BCUT2D eigenvalue weighted by atomic mass is 31.2. The average Bonchev–Trinajstić information content (AvgIpc) is 3.11. The smallest absolute Gasteiger partial charge is 0.463 e. The summed E-state index contributed by atoms with van der Waals surface area (Å²) >= 11 is 0. The zero-order valence-electron chi connectivity index (χ0n) is 33.1.